The molecule has 0 saturated carbocycles. The van der Waals surface area contributed by atoms with E-state index in [0.717, 1.165) is 25.9 Å². The number of thiazole rings is 1. The van der Waals surface area contributed by atoms with Crippen molar-refractivity contribution in [3.05, 3.63) is 75.4 Å². The summed E-state index contributed by atoms with van der Waals surface area (Å²) >= 11 is 9.32. The minimum Gasteiger partial charge on any atom is -0.312 e. The SMILES string of the molecule is C=CCn1c(=NC(=O)c2sc3ccccc3c2Cl)sc2cccc(C)c21. The Morgan fingerprint density at radius 1 is 1.19 bits per heavy atom. The predicted molar refractivity (Wildman–Crippen MR) is 111 cm³/mol. The lowest BCUT2D eigenvalue weighted by atomic mass is 10.2. The molecule has 0 unspecified atom stereocenters. The maximum absolute atomic E-state index is 12.8. The van der Waals surface area contributed by atoms with E-state index in [1.165, 1.54) is 22.7 Å². The lowest BCUT2D eigenvalue weighted by molar-refractivity contribution is 0.100. The largest absolute Gasteiger partial charge is 0.312 e. The lowest BCUT2D eigenvalue weighted by Crippen LogP contribution is -2.16. The summed E-state index contributed by atoms with van der Waals surface area (Å²) in [6.45, 7) is 6.48. The Bertz CT molecular complexity index is 1230. The summed E-state index contributed by atoms with van der Waals surface area (Å²) in [6.07, 6.45) is 1.81. The molecule has 0 aliphatic carbocycles. The molecule has 2 aromatic heterocycles. The van der Waals surface area contributed by atoms with Gasteiger partial charge in [0.15, 0.2) is 4.80 Å². The number of hydrogen-bond acceptors (Lipinski definition) is 3. The average molecular weight is 399 g/mol. The molecule has 6 heteroatoms. The maximum Gasteiger partial charge on any atom is 0.291 e. The minimum absolute atomic E-state index is 0.307. The van der Waals surface area contributed by atoms with E-state index in [-0.39, 0.29) is 5.91 Å². The number of halogens is 1. The molecule has 0 bridgehead atoms. The molecular formula is C20H15ClN2OS2. The predicted octanol–water partition coefficient (Wildman–Crippen LogP) is 5.81. The van der Waals surface area contributed by atoms with Gasteiger partial charge in [-0.05, 0) is 24.6 Å². The first kappa shape index (κ1) is 17.2. The number of para-hydroxylation sites is 1. The zero-order chi connectivity index (χ0) is 18.3. The van der Waals surface area contributed by atoms with Gasteiger partial charge in [0, 0.05) is 16.6 Å². The molecule has 2 heterocycles. The summed E-state index contributed by atoms with van der Waals surface area (Å²) < 4.78 is 4.12. The van der Waals surface area contributed by atoms with E-state index in [1.54, 1.807) is 0 Å². The second kappa shape index (κ2) is 6.83. The monoisotopic (exact) mass is 398 g/mol. The summed E-state index contributed by atoms with van der Waals surface area (Å²) in [6, 6.07) is 13.9. The molecule has 0 aliphatic heterocycles. The number of hydrogen-bond donors (Lipinski definition) is 0. The van der Waals surface area contributed by atoms with Crippen molar-refractivity contribution in [2.24, 2.45) is 4.99 Å². The van der Waals surface area contributed by atoms with Crippen molar-refractivity contribution < 1.29 is 4.79 Å². The fourth-order valence-electron chi connectivity index (χ4n) is 2.98. The number of amides is 1. The van der Waals surface area contributed by atoms with Crippen LogP contribution in [0.3, 0.4) is 0 Å². The topological polar surface area (TPSA) is 34.4 Å². The van der Waals surface area contributed by atoms with Crippen LogP contribution in [0.15, 0.2) is 60.1 Å². The standard InChI is InChI=1S/C20H15ClN2OS2/c1-3-11-23-17-12(2)7-6-10-15(17)26-20(23)22-19(24)18-16(21)13-8-4-5-9-14(13)25-18/h3-10H,1,11H2,2H3. The Morgan fingerprint density at radius 2 is 1.96 bits per heavy atom. The number of allylic oxidation sites excluding steroid dienone is 1. The molecule has 0 N–H and O–H groups in total. The van der Waals surface area contributed by atoms with Crippen molar-refractivity contribution >= 4 is 60.5 Å². The Balaban J connectivity index is 1.91. The number of rotatable bonds is 3. The smallest absolute Gasteiger partial charge is 0.291 e. The van der Waals surface area contributed by atoms with Crippen LogP contribution in [-0.4, -0.2) is 10.5 Å². The fourth-order valence-corrected chi connectivity index (χ4v) is 5.49. The first-order chi connectivity index (χ1) is 12.6. The highest BCUT2D eigenvalue weighted by molar-refractivity contribution is 7.21. The molecule has 26 heavy (non-hydrogen) atoms. The molecule has 0 aliphatic rings. The highest BCUT2D eigenvalue weighted by atomic mass is 35.5. The van der Waals surface area contributed by atoms with Crippen LogP contribution in [0.5, 0.6) is 0 Å². The molecule has 4 rings (SSSR count). The molecular weight excluding hydrogens is 384 g/mol. The zero-order valence-corrected chi connectivity index (χ0v) is 16.4. The molecule has 0 radical (unpaired) electrons. The number of thiophene rings is 1. The maximum atomic E-state index is 12.8. The number of fused-ring (bicyclic) bond motifs is 2. The van der Waals surface area contributed by atoms with Crippen LogP contribution in [0.25, 0.3) is 20.3 Å². The Kier molecular flexibility index (Phi) is 4.53. The average Bonchev–Trinajstić information content (AvgIpc) is 3.15. The van der Waals surface area contributed by atoms with E-state index in [9.17, 15) is 4.79 Å². The quantitative estimate of drug-likeness (QED) is 0.401. The van der Waals surface area contributed by atoms with Crippen molar-refractivity contribution in [3.63, 3.8) is 0 Å². The number of benzene rings is 2. The molecule has 0 saturated heterocycles. The lowest BCUT2D eigenvalue weighted by Gasteiger charge is -2.03. The molecule has 0 fully saturated rings. The first-order valence-corrected chi connectivity index (χ1v) is 10.1. The van der Waals surface area contributed by atoms with Crippen molar-refractivity contribution in [1.82, 2.24) is 4.57 Å². The molecule has 3 nitrogen and oxygen atoms in total. The first-order valence-electron chi connectivity index (χ1n) is 8.06. The van der Waals surface area contributed by atoms with Crippen molar-refractivity contribution in [3.8, 4) is 0 Å². The van der Waals surface area contributed by atoms with Gasteiger partial charge in [0.05, 0.1) is 15.2 Å². The second-order valence-corrected chi connectivity index (χ2v) is 8.30. The van der Waals surface area contributed by atoms with Crippen molar-refractivity contribution in [1.29, 1.82) is 0 Å². The number of carbonyl (C=O) groups excluding carboxylic acids is 1. The molecule has 4 aromatic rings. The number of aryl methyl sites for hydroxylation is 1. The summed E-state index contributed by atoms with van der Waals surface area (Å²) in [5.74, 6) is -0.307. The van der Waals surface area contributed by atoms with Crippen molar-refractivity contribution in [2.45, 2.75) is 13.5 Å². The second-order valence-electron chi connectivity index (χ2n) is 5.86. The highest BCUT2D eigenvalue weighted by Crippen LogP contribution is 2.35. The summed E-state index contributed by atoms with van der Waals surface area (Å²) in [5, 5.41) is 1.37. The molecule has 2 aromatic carbocycles. The van der Waals surface area contributed by atoms with E-state index in [2.05, 4.69) is 24.6 Å². The van der Waals surface area contributed by atoms with Crippen LogP contribution in [0.4, 0.5) is 0 Å². The van der Waals surface area contributed by atoms with Gasteiger partial charge < -0.3 is 4.57 Å². The van der Waals surface area contributed by atoms with E-state index >= 15 is 0 Å². The summed E-state index contributed by atoms with van der Waals surface area (Å²) in [4.78, 5) is 18.4. The third-order valence-electron chi connectivity index (χ3n) is 4.14. The number of aromatic nitrogens is 1. The third kappa shape index (κ3) is 2.82. The number of carbonyl (C=O) groups is 1. The van der Waals surface area contributed by atoms with E-state index in [4.69, 9.17) is 11.6 Å². The molecule has 1 amide bonds. The van der Waals surface area contributed by atoms with E-state index < -0.39 is 0 Å². The molecule has 0 spiro atoms. The van der Waals surface area contributed by atoms with Crippen LogP contribution in [0, 0.1) is 6.92 Å². The Hall–Kier alpha value is -2.21. The van der Waals surface area contributed by atoms with Gasteiger partial charge in [0.2, 0.25) is 0 Å². The number of nitrogens with zero attached hydrogens (tertiary/aromatic N) is 2. The Labute approximate surface area is 163 Å². The third-order valence-corrected chi connectivity index (χ3v) is 6.85. The summed E-state index contributed by atoms with van der Waals surface area (Å²) in [5.41, 5.74) is 2.24. The van der Waals surface area contributed by atoms with Crippen LogP contribution in [0.1, 0.15) is 15.2 Å². The van der Waals surface area contributed by atoms with Crippen LogP contribution >= 0.6 is 34.3 Å². The van der Waals surface area contributed by atoms with E-state index in [0.29, 0.717) is 21.2 Å². The minimum atomic E-state index is -0.307. The van der Waals surface area contributed by atoms with Crippen LogP contribution in [0.2, 0.25) is 5.02 Å². The van der Waals surface area contributed by atoms with Gasteiger partial charge in [-0.1, -0.05) is 59.3 Å². The fraction of sp³-hybridized carbons (Fsp3) is 0.100. The molecule has 130 valence electrons. The van der Waals surface area contributed by atoms with Gasteiger partial charge in [0.25, 0.3) is 5.91 Å². The Morgan fingerprint density at radius 3 is 2.73 bits per heavy atom. The van der Waals surface area contributed by atoms with Gasteiger partial charge in [-0.2, -0.15) is 4.99 Å². The van der Waals surface area contributed by atoms with Gasteiger partial charge in [-0.3, -0.25) is 4.79 Å². The van der Waals surface area contributed by atoms with Gasteiger partial charge in [-0.25, -0.2) is 0 Å². The van der Waals surface area contributed by atoms with Gasteiger partial charge >= 0.3 is 0 Å². The van der Waals surface area contributed by atoms with Crippen molar-refractivity contribution in [2.75, 3.05) is 0 Å². The zero-order valence-electron chi connectivity index (χ0n) is 14.0. The van der Waals surface area contributed by atoms with Gasteiger partial charge in [-0.15, -0.1) is 17.9 Å². The van der Waals surface area contributed by atoms with E-state index in [1.807, 2.05) is 47.0 Å². The van der Waals surface area contributed by atoms with Crippen LogP contribution < -0.4 is 4.80 Å². The van der Waals surface area contributed by atoms with Gasteiger partial charge in [0.1, 0.15) is 4.88 Å². The highest BCUT2D eigenvalue weighted by Gasteiger charge is 2.17. The normalized spacial score (nSPS) is 12.2. The summed E-state index contributed by atoms with van der Waals surface area (Å²) in [7, 11) is 0. The van der Waals surface area contributed by atoms with Crippen LogP contribution in [-0.2, 0) is 6.54 Å². The molecule has 0 atom stereocenters.